The van der Waals surface area contributed by atoms with Gasteiger partial charge in [0, 0.05) is 11.1 Å². The molecule has 0 radical (unpaired) electrons. The number of hydrogen-bond donors (Lipinski definition) is 2. The fraction of sp³-hybridized carbons (Fsp3) is 0.0526. The summed E-state index contributed by atoms with van der Waals surface area (Å²) in [5, 5.41) is 19.6. The fourth-order valence-corrected chi connectivity index (χ4v) is 2.62. The van der Waals surface area contributed by atoms with Crippen molar-refractivity contribution in [1.29, 1.82) is 0 Å². The highest BCUT2D eigenvalue weighted by molar-refractivity contribution is 6.45. The molecule has 5 heteroatoms. The highest BCUT2D eigenvalue weighted by Crippen LogP contribution is 2.36. The Morgan fingerprint density at radius 3 is 2.33 bits per heavy atom. The van der Waals surface area contributed by atoms with E-state index in [2.05, 4.69) is 0 Å². The Kier molecular flexibility index (Phi) is 3.92. The zero-order valence-electron chi connectivity index (χ0n) is 12.8. The maximum Gasteiger partial charge on any atom is 0.229 e. The van der Waals surface area contributed by atoms with Crippen LogP contribution < -0.4 is 0 Å². The van der Waals surface area contributed by atoms with Crippen LogP contribution in [0.25, 0.3) is 11.1 Å². The Hall–Kier alpha value is -3.34. The summed E-state index contributed by atoms with van der Waals surface area (Å²) in [5.74, 6) is -1.46. The van der Waals surface area contributed by atoms with Crippen LogP contribution in [-0.2, 0) is 14.3 Å². The van der Waals surface area contributed by atoms with Crippen molar-refractivity contribution in [2.24, 2.45) is 0 Å². The molecule has 0 fully saturated rings. The molecule has 2 aromatic carbocycles. The average molecular weight is 322 g/mol. The molecule has 2 N–H and O–H groups in total. The minimum Gasteiger partial charge on any atom is -0.508 e. The lowest BCUT2D eigenvalue weighted by atomic mass is 9.87. The molecule has 0 saturated carbocycles. The summed E-state index contributed by atoms with van der Waals surface area (Å²) < 4.78 is 5.16. The summed E-state index contributed by atoms with van der Waals surface area (Å²) in [4.78, 5) is 25.3. The van der Waals surface area contributed by atoms with E-state index in [1.54, 1.807) is 24.3 Å². The van der Waals surface area contributed by atoms with Crippen molar-refractivity contribution in [1.82, 2.24) is 0 Å². The van der Waals surface area contributed by atoms with Crippen molar-refractivity contribution >= 4 is 22.7 Å². The fourth-order valence-electron chi connectivity index (χ4n) is 2.62. The van der Waals surface area contributed by atoms with Gasteiger partial charge < -0.3 is 14.9 Å². The van der Waals surface area contributed by atoms with Gasteiger partial charge in [-0.15, -0.1) is 0 Å². The van der Waals surface area contributed by atoms with E-state index in [9.17, 15) is 19.8 Å². The minimum atomic E-state index is -0.480. The number of allylic oxidation sites excluding steroid dienone is 3. The SMILES string of the molecule is COC1=C(c2cc(O)ccc2O)C(=O)C=C(c2ccccc2)C1=O. The second kappa shape index (κ2) is 6.04. The van der Waals surface area contributed by atoms with E-state index >= 15 is 0 Å². The summed E-state index contributed by atoms with van der Waals surface area (Å²) in [6, 6.07) is 12.5. The smallest absolute Gasteiger partial charge is 0.229 e. The zero-order chi connectivity index (χ0) is 17.3. The number of phenols is 2. The molecule has 2 aromatic rings. The van der Waals surface area contributed by atoms with Crippen LogP contribution in [0.4, 0.5) is 0 Å². The lowest BCUT2D eigenvalue weighted by Crippen LogP contribution is -2.19. The second-order valence-electron chi connectivity index (χ2n) is 5.23. The van der Waals surface area contributed by atoms with Gasteiger partial charge >= 0.3 is 0 Å². The molecule has 5 nitrogen and oxygen atoms in total. The van der Waals surface area contributed by atoms with Gasteiger partial charge in [-0.2, -0.15) is 0 Å². The molecule has 0 atom stereocenters. The van der Waals surface area contributed by atoms with Crippen LogP contribution in [-0.4, -0.2) is 28.9 Å². The molecule has 120 valence electrons. The number of phenolic OH excluding ortho intramolecular Hbond substituents is 2. The van der Waals surface area contributed by atoms with Gasteiger partial charge in [-0.1, -0.05) is 30.3 Å². The third-order valence-electron chi connectivity index (χ3n) is 3.74. The number of aromatic hydroxyl groups is 2. The predicted octanol–water partition coefficient (Wildman–Crippen LogP) is 2.69. The van der Waals surface area contributed by atoms with Crippen molar-refractivity contribution in [2.45, 2.75) is 0 Å². The van der Waals surface area contributed by atoms with Gasteiger partial charge in [0.15, 0.2) is 11.5 Å². The molecule has 0 heterocycles. The molecule has 1 aliphatic rings. The number of benzene rings is 2. The second-order valence-corrected chi connectivity index (χ2v) is 5.23. The molecule has 24 heavy (non-hydrogen) atoms. The average Bonchev–Trinajstić information content (AvgIpc) is 2.59. The minimum absolute atomic E-state index is 0.0496. The molecule has 3 rings (SSSR count). The van der Waals surface area contributed by atoms with Crippen LogP contribution >= 0.6 is 0 Å². The first-order chi connectivity index (χ1) is 11.5. The largest absolute Gasteiger partial charge is 0.508 e. The molecule has 0 saturated heterocycles. The van der Waals surface area contributed by atoms with Crippen LogP contribution in [0.15, 0.2) is 60.4 Å². The normalized spacial score (nSPS) is 14.6. The number of ether oxygens (including phenoxy) is 1. The van der Waals surface area contributed by atoms with E-state index in [0.29, 0.717) is 5.56 Å². The number of ketones is 2. The van der Waals surface area contributed by atoms with Crippen molar-refractivity contribution in [3.8, 4) is 11.5 Å². The number of hydrogen-bond acceptors (Lipinski definition) is 5. The molecular weight excluding hydrogens is 308 g/mol. The van der Waals surface area contributed by atoms with E-state index < -0.39 is 11.6 Å². The topological polar surface area (TPSA) is 83.8 Å². The number of Topliss-reactive ketones (excluding diaryl/α,β-unsaturated/α-hetero) is 1. The number of methoxy groups -OCH3 is 1. The summed E-state index contributed by atoms with van der Waals surface area (Å²) in [6.07, 6.45) is 1.22. The van der Waals surface area contributed by atoms with E-state index in [1.165, 1.54) is 31.4 Å². The van der Waals surface area contributed by atoms with Gasteiger partial charge in [0.2, 0.25) is 5.78 Å². The van der Waals surface area contributed by atoms with Crippen LogP contribution in [0.5, 0.6) is 11.5 Å². The van der Waals surface area contributed by atoms with Crippen LogP contribution in [0.2, 0.25) is 0 Å². The Bertz CT molecular complexity index is 891. The third kappa shape index (κ3) is 2.56. The standard InChI is InChI=1S/C19H14O5/c1-24-19-17(14-9-12(20)7-8-15(14)21)16(22)10-13(18(19)23)11-5-3-2-4-6-11/h2-10,20-21H,1H3. The van der Waals surface area contributed by atoms with E-state index in [1.807, 2.05) is 6.07 Å². The molecular formula is C19H14O5. The first kappa shape index (κ1) is 15.6. The molecule has 0 bridgehead atoms. The van der Waals surface area contributed by atoms with Crippen molar-refractivity contribution < 1.29 is 24.5 Å². The van der Waals surface area contributed by atoms with E-state index in [-0.39, 0.29) is 34.0 Å². The van der Waals surface area contributed by atoms with Gasteiger partial charge in [0.05, 0.1) is 12.7 Å². The van der Waals surface area contributed by atoms with Gasteiger partial charge in [0.1, 0.15) is 11.5 Å². The summed E-state index contributed by atoms with van der Waals surface area (Å²) in [7, 11) is 1.29. The Balaban J connectivity index is 2.17. The van der Waals surface area contributed by atoms with Gasteiger partial charge in [-0.3, -0.25) is 9.59 Å². The summed E-state index contributed by atoms with van der Waals surface area (Å²) in [5.41, 5.74) is 0.801. The van der Waals surface area contributed by atoms with Crippen molar-refractivity contribution in [3.63, 3.8) is 0 Å². The molecule has 1 aliphatic carbocycles. The lowest BCUT2D eigenvalue weighted by Gasteiger charge is -2.19. The Morgan fingerprint density at radius 2 is 1.67 bits per heavy atom. The maximum absolute atomic E-state index is 12.7. The summed E-state index contributed by atoms with van der Waals surface area (Å²) in [6.45, 7) is 0. The number of carbonyl (C=O) groups is 2. The van der Waals surface area contributed by atoms with Crippen LogP contribution in [0, 0.1) is 0 Å². The van der Waals surface area contributed by atoms with Gasteiger partial charge in [-0.25, -0.2) is 0 Å². The van der Waals surface area contributed by atoms with Crippen molar-refractivity contribution in [2.75, 3.05) is 7.11 Å². The molecule has 0 aromatic heterocycles. The highest BCUT2D eigenvalue weighted by Gasteiger charge is 2.32. The molecule has 0 aliphatic heterocycles. The lowest BCUT2D eigenvalue weighted by molar-refractivity contribution is -0.115. The zero-order valence-corrected chi connectivity index (χ0v) is 12.8. The molecule has 0 amide bonds. The van der Waals surface area contributed by atoms with Crippen LogP contribution in [0.3, 0.4) is 0 Å². The van der Waals surface area contributed by atoms with Crippen molar-refractivity contribution in [3.05, 3.63) is 71.5 Å². The maximum atomic E-state index is 12.7. The monoisotopic (exact) mass is 322 g/mol. The molecule has 0 spiro atoms. The molecule has 0 unspecified atom stereocenters. The van der Waals surface area contributed by atoms with Crippen LogP contribution in [0.1, 0.15) is 11.1 Å². The quantitative estimate of drug-likeness (QED) is 0.670. The first-order valence-corrected chi connectivity index (χ1v) is 7.19. The summed E-state index contributed by atoms with van der Waals surface area (Å²) >= 11 is 0. The predicted molar refractivity (Wildman–Crippen MR) is 88.1 cm³/mol. The van der Waals surface area contributed by atoms with Gasteiger partial charge in [-0.05, 0) is 29.8 Å². The number of carbonyl (C=O) groups excluding carboxylic acids is 2. The highest BCUT2D eigenvalue weighted by atomic mass is 16.5. The first-order valence-electron chi connectivity index (χ1n) is 7.19. The van der Waals surface area contributed by atoms with Gasteiger partial charge in [0.25, 0.3) is 0 Å². The number of rotatable bonds is 3. The third-order valence-corrected chi connectivity index (χ3v) is 3.74. The van der Waals surface area contributed by atoms with E-state index in [4.69, 9.17) is 4.74 Å². The Morgan fingerprint density at radius 1 is 0.958 bits per heavy atom. The Labute approximate surface area is 138 Å². The van der Waals surface area contributed by atoms with E-state index in [0.717, 1.165) is 0 Å².